The second-order valence-electron chi connectivity index (χ2n) is 12.5. The zero-order valence-electron chi connectivity index (χ0n) is 22.6. The summed E-state index contributed by atoms with van der Waals surface area (Å²) < 4.78 is 13.7. The summed E-state index contributed by atoms with van der Waals surface area (Å²) in [5, 5.41) is 0. The van der Waals surface area contributed by atoms with Crippen molar-refractivity contribution < 1.29 is 9.47 Å². The molecule has 0 unspecified atom stereocenters. The molecule has 0 N–H and O–H groups in total. The van der Waals surface area contributed by atoms with E-state index in [1.54, 1.807) is 0 Å². The standard InChI is InChI=1S/C36H27BO2/c1-35(2)22-12-7-5-10-20(22)30-24(35)16-18-26-33(30)38-28-14-9-15-29-32(28)37(26)27-19-17-25-31(34(27)39-29)21-11-6-8-13-23(21)36(25,3)4/h5-19H,1-4H3. The highest BCUT2D eigenvalue weighted by Crippen LogP contribution is 2.55. The Hall–Kier alpha value is -4.24. The number of hydrogen-bond acceptors (Lipinski definition) is 2. The molecule has 4 aliphatic rings. The number of ether oxygens (including phenoxy) is 2. The quantitative estimate of drug-likeness (QED) is 0.208. The average Bonchev–Trinajstić information content (AvgIpc) is 3.33. The second-order valence-corrected chi connectivity index (χ2v) is 12.5. The predicted octanol–water partition coefficient (Wildman–Crippen LogP) is 7.03. The van der Waals surface area contributed by atoms with E-state index in [0.717, 1.165) is 28.5 Å². The first kappa shape index (κ1) is 21.7. The molecule has 5 aromatic rings. The Labute approximate surface area is 229 Å². The van der Waals surface area contributed by atoms with E-state index in [-0.39, 0.29) is 17.5 Å². The number of hydrogen-bond donors (Lipinski definition) is 0. The summed E-state index contributed by atoms with van der Waals surface area (Å²) in [6.45, 7) is 9.35. The topological polar surface area (TPSA) is 18.5 Å². The average molecular weight is 502 g/mol. The highest BCUT2D eigenvalue weighted by Gasteiger charge is 2.47. The van der Waals surface area contributed by atoms with Gasteiger partial charge in [-0.3, -0.25) is 0 Å². The van der Waals surface area contributed by atoms with Crippen LogP contribution >= 0.6 is 0 Å². The molecular formula is C36H27BO2. The first-order valence-electron chi connectivity index (χ1n) is 13.9. The zero-order valence-corrected chi connectivity index (χ0v) is 22.6. The molecule has 0 saturated heterocycles. The van der Waals surface area contributed by atoms with Gasteiger partial charge in [-0.2, -0.15) is 0 Å². The fourth-order valence-corrected chi connectivity index (χ4v) is 7.92. The van der Waals surface area contributed by atoms with E-state index in [1.165, 1.54) is 55.4 Å². The summed E-state index contributed by atoms with van der Waals surface area (Å²) in [7, 11) is 0. The molecule has 0 aromatic heterocycles. The maximum absolute atomic E-state index is 6.83. The molecular weight excluding hydrogens is 475 g/mol. The van der Waals surface area contributed by atoms with Gasteiger partial charge in [0, 0.05) is 27.4 Å². The maximum atomic E-state index is 6.83. The van der Waals surface area contributed by atoms with Gasteiger partial charge >= 0.3 is 0 Å². The van der Waals surface area contributed by atoms with Gasteiger partial charge in [0.1, 0.15) is 23.0 Å². The van der Waals surface area contributed by atoms with Crippen molar-refractivity contribution in [2.75, 3.05) is 0 Å². The minimum atomic E-state index is -0.0733. The smallest absolute Gasteiger partial charge is 0.260 e. The van der Waals surface area contributed by atoms with Crippen LogP contribution in [0.25, 0.3) is 22.3 Å². The summed E-state index contributed by atoms with van der Waals surface area (Å²) in [5.74, 6) is 3.78. The molecule has 2 nitrogen and oxygen atoms in total. The first-order chi connectivity index (χ1) is 18.9. The normalized spacial score (nSPS) is 17.0. The van der Waals surface area contributed by atoms with Crippen LogP contribution < -0.4 is 25.9 Å². The van der Waals surface area contributed by atoms with Crippen molar-refractivity contribution in [2.45, 2.75) is 38.5 Å². The van der Waals surface area contributed by atoms with Crippen molar-refractivity contribution in [3.63, 3.8) is 0 Å². The zero-order chi connectivity index (χ0) is 26.3. The van der Waals surface area contributed by atoms with Crippen LogP contribution in [0.5, 0.6) is 23.0 Å². The van der Waals surface area contributed by atoms with Crippen LogP contribution in [-0.2, 0) is 10.8 Å². The molecule has 0 radical (unpaired) electrons. The molecule has 5 aromatic carbocycles. The molecule has 2 aliphatic carbocycles. The van der Waals surface area contributed by atoms with Crippen LogP contribution in [0.3, 0.4) is 0 Å². The SMILES string of the molecule is CC1(C)c2ccccc2-c2c1ccc1c2Oc2cccc3c2B1c1ccc2c(c1O3)-c1ccccc1C2(C)C. The number of rotatable bonds is 0. The summed E-state index contributed by atoms with van der Waals surface area (Å²) in [5.41, 5.74) is 13.9. The Morgan fingerprint density at radius 3 is 1.44 bits per heavy atom. The molecule has 39 heavy (non-hydrogen) atoms. The van der Waals surface area contributed by atoms with E-state index >= 15 is 0 Å². The van der Waals surface area contributed by atoms with Crippen LogP contribution in [0.1, 0.15) is 49.9 Å². The number of fused-ring (bicyclic) bond motifs is 12. The summed E-state index contributed by atoms with van der Waals surface area (Å²) in [6, 6.07) is 33.2. The lowest BCUT2D eigenvalue weighted by Crippen LogP contribution is -2.57. The Morgan fingerprint density at radius 1 is 0.487 bits per heavy atom. The molecule has 0 atom stereocenters. The molecule has 0 spiro atoms. The third-order valence-corrected chi connectivity index (χ3v) is 9.82. The fourth-order valence-electron chi connectivity index (χ4n) is 7.92. The lowest BCUT2D eigenvalue weighted by atomic mass is 9.34. The van der Waals surface area contributed by atoms with Gasteiger partial charge in [-0.1, -0.05) is 107 Å². The summed E-state index contributed by atoms with van der Waals surface area (Å²) in [4.78, 5) is 0. The lowest BCUT2D eigenvalue weighted by molar-refractivity contribution is 0.465. The van der Waals surface area contributed by atoms with Crippen molar-refractivity contribution in [1.82, 2.24) is 0 Å². The third-order valence-electron chi connectivity index (χ3n) is 9.82. The van der Waals surface area contributed by atoms with Crippen LogP contribution in [0.4, 0.5) is 0 Å². The minimum Gasteiger partial charge on any atom is -0.458 e. The van der Waals surface area contributed by atoms with Gasteiger partial charge in [-0.05, 0) is 56.4 Å². The molecule has 186 valence electrons. The third kappa shape index (κ3) is 2.46. The molecule has 0 amide bonds. The first-order valence-corrected chi connectivity index (χ1v) is 13.9. The van der Waals surface area contributed by atoms with Gasteiger partial charge in [-0.15, -0.1) is 0 Å². The van der Waals surface area contributed by atoms with Crippen LogP contribution in [0.15, 0.2) is 91.0 Å². The van der Waals surface area contributed by atoms with E-state index in [1.807, 2.05) is 0 Å². The van der Waals surface area contributed by atoms with Crippen molar-refractivity contribution >= 4 is 23.1 Å². The summed E-state index contributed by atoms with van der Waals surface area (Å²) in [6.07, 6.45) is 0. The van der Waals surface area contributed by atoms with E-state index < -0.39 is 0 Å². The highest BCUT2D eigenvalue weighted by atomic mass is 16.5. The van der Waals surface area contributed by atoms with Gasteiger partial charge in [0.2, 0.25) is 0 Å². The van der Waals surface area contributed by atoms with E-state index in [9.17, 15) is 0 Å². The van der Waals surface area contributed by atoms with Crippen LogP contribution in [0, 0.1) is 0 Å². The molecule has 3 heteroatoms. The van der Waals surface area contributed by atoms with Gasteiger partial charge in [0.05, 0.1) is 0 Å². The van der Waals surface area contributed by atoms with Gasteiger partial charge in [0.25, 0.3) is 6.71 Å². The molecule has 0 saturated carbocycles. The molecule has 2 aliphatic heterocycles. The Morgan fingerprint density at radius 2 is 0.949 bits per heavy atom. The minimum absolute atomic E-state index is 0.0473. The molecule has 9 rings (SSSR count). The Balaban J connectivity index is 1.36. The van der Waals surface area contributed by atoms with Crippen molar-refractivity contribution in [3.8, 4) is 45.3 Å². The molecule has 0 bridgehead atoms. The van der Waals surface area contributed by atoms with Gasteiger partial charge in [-0.25, -0.2) is 0 Å². The molecule has 2 heterocycles. The van der Waals surface area contributed by atoms with Gasteiger partial charge < -0.3 is 9.47 Å². The summed E-state index contributed by atoms with van der Waals surface area (Å²) >= 11 is 0. The largest absolute Gasteiger partial charge is 0.458 e. The Bertz CT molecular complexity index is 1790. The molecule has 0 fully saturated rings. The van der Waals surface area contributed by atoms with E-state index in [4.69, 9.17) is 9.47 Å². The van der Waals surface area contributed by atoms with E-state index in [2.05, 4.69) is 119 Å². The van der Waals surface area contributed by atoms with Gasteiger partial charge in [0.15, 0.2) is 0 Å². The Kier molecular flexibility index (Phi) is 3.80. The van der Waals surface area contributed by atoms with Crippen LogP contribution in [0.2, 0.25) is 0 Å². The predicted molar refractivity (Wildman–Crippen MR) is 159 cm³/mol. The highest BCUT2D eigenvalue weighted by molar-refractivity contribution is 6.98. The monoisotopic (exact) mass is 502 g/mol. The lowest BCUT2D eigenvalue weighted by Gasteiger charge is -2.35. The van der Waals surface area contributed by atoms with Crippen molar-refractivity contribution in [3.05, 3.63) is 113 Å². The maximum Gasteiger partial charge on any atom is 0.260 e. The van der Waals surface area contributed by atoms with Crippen molar-refractivity contribution in [2.24, 2.45) is 0 Å². The van der Waals surface area contributed by atoms with Crippen LogP contribution in [-0.4, -0.2) is 6.71 Å². The van der Waals surface area contributed by atoms with E-state index in [0.29, 0.717) is 0 Å². The van der Waals surface area contributed by atoms with Crippen molar-refractivity contribution in [1.29, 1.82) is 0 Å². The number of benzene rings is 5. The second kappa shape index (κ2) is 6.85. The fraction of sp³-hybridized carbons (Fsp3) is 0.167.